The molecule has 3 nitrogen and oxygen atoms in total. The fourth-order valence-electron chi connectivity index (χ4n) is 2.41. The molecule has 0 amide bonds. The molecule has 2 saturated heterocycles. The average Bonchev–Trinajstić information content (AvgIpc) is 2.60. The summed E-state index contributed by atoms with van der Waals surface area (Å²) in [5.41, 5.74) is 0. The van der Waals surface area contributed by atoms with Crippen molar-refractivity contribution < 1.29 is 13.7 Å². The zero-order valence-corrected chi connectivity index (χ0v) is 9.96. The van der Waals surface area contributed by atoms with E-state index in [0.717, 1.165) is 49.9 Å². The molecule has 0 aromatic heterocycles. The first kappa shape index (κ1) is 9.85. The molecule has 0 aromatic rings. The molecule has 0 radical (unpaired) electrons. The van der Waals surface area contributed by atoms with E-state index >= 15 is 0 Å². The van der Waals surface area contributed by atoms with Gasteiger partial charge in [0.15, 0.2) is 0 Å². The average molecular weight is 218 g/mol. The quantitative estimate of drug-likeness (QED) is 0.690. The van der Waals surface area contributed by atoms with Gasteiger partial charge in [-0.3, -0.25) is 0 Å². The highest BCUT2D eigenvalue weighted by atomic mass is 28.5. The summed E-state index contributed by atoms with van der Waals surface area (Å²) < 4.78 is 5.74. The third-order valence-electron chi connectivity index (χ3n) is 3.15. The predicted molar refractivity (Wildman–Crippen MR) is 54.7 cm³/mol. The molecule has 0 bridgehead atoms. The van der Waals surface area contributed by atoms with E-state index in [0.29, 0.717) is 0 Å². The van der Waals surface area contributed by atoms with Crippen molar-refractivity contribution in [3.8, 4) is 0 Å². The Balaban J connectivity index is 1.95. The van der Waals surface area contributed by atoms with Crippen molar-refractivity contribution in [2.24, 2.45) is 0 Å². The van der Waals surface area contributed by atoms with E-state index < -0.39 is 17.1 Å². The maximum absolute atomic E-state index is 10.1. The van der Waals surface area contributed by atoms with E-state index in [9.17, 15) is 9.59 Å². The minimum absolute atomic E-state index is 0.850. The molecule has 2 N–H and O–H groups in total. The molecule has 2 aliphatic rings. The zero-order valence-electron chi connectivity index (χ0n) is 7.96. The van der Waals surface area contributed by atoms with Crippen LogP contribution in [0.25, 0.3) is 0 Å². The summed E-state index contributed by atoms with van der Waals surface area (Å²) in [6, 6.07) is 3.40. The van der Waals surface area contributed by atoms with Gasteiger partial charge >= 0.3 is 17.1 Å². The molecule has 0 spiro atoms. The molecule has 0 atom stereocenters. The van der Waals surface area contributed by atoms with Crippen LogP contribution in [0.2, 0.25) is 24.2 Å². The molecule has 2 fully saturated rings. The van der Waals surface area contributed by atoms with Crippen molar-refractivity contribution in [2.75, 3.05) is 0 Å². The summed E-state index contributed by atoms with van der Waals surface area (Å²) >= 11 is 0. The molecular formula is C8H18O3Si2. The van der Waals surface area contributed by atoms with Crippen LogP contribution in [0.5, 0.6) is 0 Å². The van der Waals surface area contributed by atoms with Crippen LogP contribution in [0, 0.1) is 0 Å². The fourth-order valence-corrected chi connectivity index (χ4v) is 10.6. The maximum Gasteiger partial charge on any atom is 0.326 e. The van der Waals surface area contributed by atoms with Crippen LogP contribution in [0.1, 0.15) is 25.7 Å². The van der Waals surface area contributed by atoms with Crippen molar-refractivity contribution in [3.05, 3.63) is 0 Å². The Labute approximate surface area is 81.2 Å². The number of hydrogen-bond donors (Lipinski definition) is 2. The van der Waals surface area contributed by atoms with Gasteiger partial charge in [0, 0.05) is 0 Å². The fraction of sp³-hybridized carbons (Fsp3) is 1.00. The van der Waals surface area contributed by atoms with Crippen LogP contribution in [0.3, 0.4) is 0 Å². The van der Waals surface area contributed by atoms with Gasteiger partial charge in [0.2, 0.25) is 0 Å². The molecule has 5 heteroatoms. The molecule has 0 saturated carbocycles. The van der Waals surface area contributed by atoms with E-state index in [4.69, 9.17) is 4.12 Å². The second-order valence-corrected chi connectivity index (χ2v) is 11.0. The third kappa shape index (κ3) is 2.22. The summed E-state index contributed by atoms with van der Waals surface area (Å²) in [6.45, 7) is 0. The van der Waals surface area contributed by atoms with Gasteiger partial charge in [0.1, 0.15) is 0 Å². The van der Waals surface area contributed by atoms with Gasteiger partial charge in [0.05, 0.1) is 0 Å². The summed E-state index contributed by atoms with van der Waals surface area (Å²) in [6.07, 6.45) is 4.36. The standard InChI is InChI=1S/C8H18O3Si2/c9-12(5-1-2-6-12)11-13(10)7-3-4-8-13/h9-10H,1-8H2. The van der Waals surface area contributed by atoms with Crippen molar-refractivity contribution in [1.29, 1.82) is 0 Å². The lowest BCUT2D eigenvalue weighted by Crippen LogP contribution is -2.49. The summed E-state index contributed by atoms with van der Waals surface area (Å²) in [4.78, 5) is 20.2. The highest BCUT2D eigenvalue weighted by Crippen LogP contribution is 2.36. The monoisotopic (exact) mass is 218 g/mol. The molecule has 2 rings (SSSR count). The SMILES string of the molecule is O[Si]1(O[Si]2(O)CCCC2)CCCC1. The first-order valence-electron chi connectivity index (χ1n) is 5.27. The molecule has 76 valence electrons. The van der Waals surface area contributed by atoms with Gasteiger partial charge in [-0.1, -0.05) is 25.7 Å². The van der Waals surface area contributed by atoms with Crippen LogP contribution in [-0.2, 0) is 4.12 Å². The first-order valence-corrected chi connectivity index (χ1v) is 9.81. The minimum Gasteiger partial charge on any atom is -0.415 e. The predicted octanol–water partition coefficient (Wildman–Crippen LogP) is 1.46. The lowest BCUT2D eigenvalue weighted by Gasteiger charge is -2.29. The molecule has 13 heavy (non-hydrogen) atoms. The molecule has 2 aliphatic heterocycles. The second kappa shape index (κ2) is 3.47. The Hall–Kier alpha value is 0.314. The summed E-state index contributed by atoms with van der Waals surface area (Å²) in [7, 11) is -4.82. The van der Waals surface area contributed by atoms with Gasteiger partial charge in [0.25, 0.3) is 0 Å². The minimum atomic E-state index is -2.41. The van der Waals surface area contributed by atoms with E-state index in [2.05, 4.69) is 0 Å². The molecule has 2 heterocycles. The zero-order chi connectivity index (χ0) is 9.36. The highest BCUT2D eigenvalue weighted by Gasteiger charge is 2.48. The van der Waals surface area contributed by atoms with Crippen LogP contribution < -0.4 is 0 Å². The largest absolute Gasteiger partial charge is 0.415 e. The lowest BCUT2D eigenvalue weighted by atomic mass is 10.4. The van der Waals surface area contributed by atoms with Gasteiger partial charge in [-0.05, 0) is 24.2 Å². The first-order chi connectivity index (χ1) is 6.12. The van der Waals surface area contributed by atoms with Crippen molar-refractivity contribution >= 4 is 17.1 Å². The van der Waals surface area contributed by atoms with Gasteiger partial charge in [-0.25, -0.2) is 0 Å². The van der Waals surface area contributed by atoms with Gasteiger partial charge in [-0.15, -0.1) is 0 Å². The smallest absolute Gasteiger partial charge is 0.326 e. The van der Waals surface area contributed by atoms with Crippen molar-refractivity contribution in [2.45, 2.75) is 49.9 Å². The van der Waals surface area contributed by atoms with Crippen molar-refractivity contribution in [1.82, 2.24) is 0 Å². The van der Waals surface area contributed by atoms with Crippen LogP contribution in [0.4, 0.5) is 0 Å². The Bertz CT molecular complexity index is 166. The topological polar surface area (TPSA) is 49.7 Å². The molecule has 0 aromatic carbocycles. The van der Waals surface area contributed by atoms with E-state index in [-0.39, 0.29) is 0 Å². The van der Waals surface area contributed by atoms with Crippen LogP contribution in [0.15, 0.2) is 0 Å². The summed E-state index contributed by atoms with van der Waals surface area (Å²) in [5.74, 6) is 0. The van der Waals surface area contributed by atoms with Crippen LogP contribution in [-0.4, -0.2) is 26.7 Å². The van der Waals surface area contributed by atoms with E-state index in [1.54, 1.807) is 0 Å². The molecular weight excluding hydrogens is 200 g/mol. The Morgan fingerprint density at radius 2 is 1.00 bits per heavy atom. The maximum atomic E-state index is 10.1. The molecule has 0 unspecified atom stereocenters. The van der Waals surface area contributed by atoms with E-state index in [1.165, 1.54) is 0 Å². The van der Waals surface area contributed by atoms with E-state index in [1.807, 2.05) is 0 Å². The molecule has 0 aliphatic carbocycles. The Morgan fingerprint density at radius 1 is 0.692 bits per heavy atom. The Morgan fingerprint density at radius 3 is 1.31 bits per heavy atom. The van der Waals surface area contributed by atoms with Gasteiger partial charge in [-0.2, -0.15) is 0 Å². The number of rotatable bonds is 2. The summed E-state index contributed by atoms with van der Waals surface area (Å²) in [5, 5.41) is 0. The second-order valence-electron chi connectivity index (χ2n) is 4.41. The Kier molecular flexibility index (Phi) is 2.63. The van der Waals surface area contributed by atoms with Gasteiger partial charge < -0.3 is 13.7 Å². The van der Waals surface area contributed by atoms with Crippen LogP contribution >= 0.6 is 0 Å². The third-order valence-corrected chi connectivity index (χ3v) is 10.7. The normalized spacial score (nSPS) is 30.9. The van der Waals surface area contributed by atoms with Crippen molar-refractivity contribution in [3.63, 3.8) is 0 Å². The lowest BCUT2D eigenvalue weighted by molar-refractivity contribution is 0.306. The highest BCUT2D eigenvalue weighted by molar-refractivity contribution is 6.80. The number of hydrogen-bond acceptors (Lipinski definition) is 3.